The molecule has 0 bridgehead atoms. The average Bonchev–Trinajstić information content (AvgIpc) is 2.36. The molecule has 4 heteroatoms. The van der Waals surface area contributed by atoms with E-state index in [4.69, 9.17) is 0 Å². The van der Waals surface area contributed by atoms with Gasteiger partial charge < -0.3 is 15.7 Å². The Morgan fingerprint density at radius 3 is 2.56 bits per heavy atom. The molecule has 0 heterocycles. The van der Waals surface area contributed by atoms with Crippen LogP contribution >= 0.6 is 0 Å². The minimum atomic E-state index is -0.533. The number of carbonyl (C=O) groups excluding carboxylic acids is 1. The minimum absolute atomic E-state index is 0.199. The van der Waals surface area contributed by atoms with Gasteiger partial charge >= 0.3 is 6.03 Å². The summed E-state index contributed by atoms with van der Waals surface area (Å²) in [6, 6.07) is 7.22. The number of carbonyl (C=O) groups is 1. The number of hydrogen-bond donors (Lipinski definition) is 3. The standard InChI is InChI=1S/C14H22N2O2/c1-4-12(5-2)15-14(18)16-13-8-6-7-11(9-13)10(3)17/h6-10,12,17H,4-5H2,1-3H3,(H2,15,16,18). The molecule has 100 valence electrons. The molecule has 4 nitrogen and oxygen atoms in total. The zero-order chi connectivity index (χ0) is 13.5. The lowest BCUT2D eigenvalue weighted by molar-refractivity contribution is 0.199. The second-order valence-corrected chi connectivity index (χ2v) is 4.41. The monoisotopic (exact) mass is 250 g/mol. The van der Waals surface area contributed by atoms with Crippen LogP contribution in [0.1, 0.15) is 45.3 Å². The van der Waals surface area contributed by atoms with E-state index in [2.05, 4.69) is 10.6 Å². The van der Waals surface area contributed by atoms with Gasteiger partial charge in [0, 0.05) is 11.7 Å². The van der Waals surface area contributed by atoms with E-state index in [-0.39, 0.29) is 12.1 Å². The molecule has 0 saturated carbocycles. The van der Waals surface area contributed by atoms with Gasteiger partial charge in [0.25, 0.3) is 0 Å². The molecule has 3 N–H and O–H groups in total. The highest BCUT2D eigenvalue weighted by Crippen LogP contribution is 2.16. The van der Waals surface area contributed by atoms with Crippen LogP contribution in [0.5, 0.6) is 0 Å². The average molecular weight is 250 g/mol. The van der Waals surface area contributed by atoms with Crippen molar-refractivity contribution < 1.29 is 9.90 Å². The first-order valence-corrected chi connectivity index (χ1v) is 6.42. The molecule has 1 aromatic rings. The Morgan fingerprint density at radius 1 is 1.33 bits per heavy atom. The normalized spacial score (nSPS) is 12.3. The molecule has 1 unspecified atom stereocenters. The van der Waals surface area contributed by atoms with E-state index in [0.29, 0.717) is 5.69 Å². The Morgan fingerprint density at radius 2 is 2.00 bits per heavy atom. The SMILES string of the molecule is CCC(CC)NC(=O)Nc1cccc(C(C)O)c1. The number of amides is 2. The van der Waals surface area contributed by atoms with Gasteiger partial charge in [-0.25, -0.2) is 4.79 Å². The van der Waals surface area contributed by atoms with Gasteiger partial charge in [-0.05, 0) is 37.5 Å². The predicted molar refractivity (Wildman–Crippen MR) is 73.6 cm³/mol. The van der Waals surface area contributed by atoms with Gasteiger partial charge in [0.2, 0.25) is 0 Å². The fourth-order valence-corrected chi connectivity index (χ4v) is 1.72. The van der Waals surface area contributed by atoms with Crippen molar-refractivity contribution in [1.82, 2.24) is 5.32 Å². The molecular formula is C14H22N2O2. The largest absolute Gasteiger partial charge is 0.389 e. The molecule has 0 aliphatic heterocycles. The van der Waals surface area contributed by atoms with Gasteiger partial charge in [-0.2, -0.15) is 0 Å². The number of aliphatic hydroxyl groups is 1. The zero-order valence-electron chi connectivity index (χ0n) is 11.2. The van der Waals surface area contributed by atoms with Crippen LogP contribution < -0.4 is 10.6 Å². The highest BCUT2D eigenvalue weighted by molar-refractivity contribution is 5.89. The van der Waals surface area contributed by atoms with Crippen molar-refractivity contribution in [3.8, 4) is 0 Å². The molecule has 1 aromatic carbocycles. The second-order valence-electron chi connectivity index (χ2n) is 4.41. The van der Waals surface area contributed by atoms with E-state index in [0.717, 1.165) is 18.4 Å². The van der Waals surface area contributed by atoms with Crippen molar-refractivity contribution in [1.29, 1.82) is 0 Å². The van der Waals surface area contributed by atoms with Crippen LogP contribution in [-0.2, 0) is 0 Å². The summed E-state index contributed by atoms with van der Waals surface area (Å²) in [5, 5.41) is 15.2. The van der Waals surface area contributed by atoms with Crippen LogP contribution in [0.2, 0.25) is 0 Å². The molecule has 0 aliphatic carbocycles. The first-order valence-electron chi connectivity index (χ1n) is 6.42. The highest BCUT2D eigenvalue weighted by atomic mass is 16.3. The van der Waals surface area contributed by atoms with Crippen LogP contribution in [0.4, 0.5) is 10.5 Å². The smallest absolute Gasteiger partial charge is 0.319 e. The summed E-state index contributed by atoms with van der Waals surface area (Å²) in [4.78, 5) is 11.7. The van der Waals surface area contributed by atoms with Gasteiger partial charge in [0.05, 0.1) is 6.10 Å². The Kier molecular flexibility index (Phi) is 5.65. The summed E-state index contributed by atoms with van der Waals surface area (Å²) in [6.07, 6.45) is 1.30. The fraction of sp³-hybridized carbons (Fsp3) is 0.500. The van der Waals surface area contributed by atoms with Crippen LogP contribution in [0.3, 0.4) is 0 Å². The first kappa shape index (κ1) is 14.5. The van der Waals surface area contributed by atoms with Crippen LogP contribution in [0, 0.1) is 0 Å². The number of urea groups is 1. The van der Waals surface area contributed by atoms with Crippen molar-refractivity contribution in [2.45, 2.75) is 45.8 Å². The Bertz CT molecular complexity index is 387. The van der Waals surface area contributed by atoms with Gasteiger partial charge in [-0.15, -0.1) is 0 Å². The maximum atomic E-state index is 11.7. The van der Waals surface area contributed by atoms with E-state index in [1.54, 1.807) is 19.1 Å². The molecule has 0 fully saturated rings. The van der Waals surface area contributed by atoms with E-state index >= 15 is 0 Å². The first-order chi connectivity index (χ1) is 8.56. The van der Waals surface area contributed by atoms with Crippen molar-refractivity contribution in [2.75, 3.05) is 5.32 Å². The Hall–Kier alpha value is -1.55. The number of benzene rings is 1. The minimum Gasteiger partial charge on any atom is -0.389 e. The van der Waals surface area contributed by atoms with Crippen LogP contribution in [0.15, 0.2) is 24.3 Å². The van der Waals surface area contributed by atoms with Crippen molar-refractivity contribution in [3.63, 3.8) is 0 Å². The Labute approximate surface area is 108 Å². The van der Waals surface area contributed by atoms with Gasteiger partial charge in [-0.1, -0.05) is 26.0 Å². The quantitative estimate of drug-likeness (QED) is 0.752. The second kappa shape index (κ2) is 7.01. The van der Waals surface area contributed by atoms with E-state index in [9.17, 15) is 9.90 Å². The number of rotatable bonds is 5. The maximum absolute atomic E-state index is 11.7. The molecule has 1 rings (SSSR count). The van der Waals surface area contributed by atoms with E-state index in [1.165, 1.54) is 0 Å². The molecule has 2 amide bonds. The van der Waals surface area contributed by atoms with Gasteiger partial charge in [0.1, 0.15) is 0 Å². The molecule has 0 aliphatic rings. The summed E-state index contributed by atoms with van der Waals surface area (Å²) >= 11 is 0. The third kappa shape index (κ3) is 4.37. The molecule has 18 heavy (non-hydrogen) atoms. The summed E-state index contributed by atoms with van der Waals surface area (Å²) in [5.41, 5.74) is 1.48. The van der Waals surface area contributed by atoms with Gasteiger partial charge in [0.15, 0.2) is 0 Å². The van der Waals surface area contributed by atoms with Crippen molar-refractivity contribution in [2.24, 2.45) is 0 Å². The molecule has 0 spiro atoms. The summed E-state index contributed by atoms with van der Waals surface area (Å²) in [7, 11) is 0. The zero-order valence-corrected chi connectivity index (χ0v) is 11.2. The predicted octanol–water partition coefficient (Wildman–Crippen LogP) is 3.05. The summed E-state index contributed by atoms with van der Waals surface area (Å²) in [5.74, 6) is 0. The lowest BCUT2D eigenvalue weighted by Crippen LogP contribution is -2.37. The van der Waals surface area contributed by atoms with E-state index in [1.807, 2.05) is 26.0 Å². The fourth-order valence-electron chi connectivity index (χ4n) is 1.72. The summed E-state index contributed by atoms with van der Waals surface area (Å²) in [6.45, 7) is 5.79. The molecular weight excluding hydrogens is 228 g/mol. The maximum Gasteiger partial charge on any atom is 0.319 e. The van der Waals surface area contributed by atoms with Crippen LogP contribution in [-0.4, -0.2) is 17.2 Å². The third-order valence-corrected chi connectivity index (χ3v) is 2.95. The highest BCUT2D eigenvalue weighted by Gasteiger charge is 2.08. The molecule has 0 aromatic heterocycles. The lowest BCUT2D eigenvalue weighted by atomic mass is 10.1. The summed E-state index contributed by atoms with van der Waals surface area (Å²) < 4.78 is 0. The van der Waals surface area contributed by atoms with Crippen LogP contribution in [0.25, 0.3) is 0 Å². The topological polar surface area (TPSA) is 61.4 Å². The lowest BCUT2D eigenvalue weighted by Gasteiger charge is -2.16. The Balaban J connectivity index is 2.61. The number of nitrogens with one attached hydrogen (secondary N) is 2. The molecule has 0 saturated heterocycles. The third-order valence-electron chi connectivity index (χ3n) is 2.95. The molecule has 0 radical (unpaired) electrons. The van der Waals surface area contributed by atoms with Crippen molar-refractivity contribution >= 4 is 11.7 Å². The molecule has 1 atom stereocenters. The number of aliphatic hydroxyl groups excluding tert-OH is 1. The van der Waals surface area contributed by atoms with Gasteiger partial charge in [-0.3, -0.25) is 0 Å². The van der Waals surface area contributed by atoms with E-state index < -0.39 is 6.10 Å². The number of hydrogen-bond acceptors (Lipinski definition) is 2. The number of anilines is 1. The van der Waals surface area contributed by atoms with Crippen molar-refractivity contribution in [3.05, 3.63) is 29.8 Å².